The zero-order valence-corrected chi connectivity index (χ0v) is 10.6. The van der Waals surface area contributed by atoms with E-state index in [0.717, 1.165) is 19.6 Å². The molecule has 1 aliphatic carbocycles. The van der Waals surface area contributed by atoms with Crippen LogP contribution in [-0.4, -0.2) is 61.4 Å². The van der Waals surface area contributed by atoms with Crippen molar-refractivity contribution in [1.82, 2.24) is 15.1 Å². The van der Waals surface area contributed by atoms with Crippen molar-refractivity contribution in [3.05, 3.63) is 0 Å². The second-order valence-electron chi connectivity index (χ2n) is 5.23. The van der Waals surface area contributed by atoms with Gasteiger partial charge in [0.25, 0.3) is 0 Å². The molecular formula is C12H21N3O2. The van der Waals surface area contributed by atoms with Gasteiger partial charge in [-0.15, -0.1) is 0 Å². The first kappa shape index (κ1) is 12.4. The first-order valence-electron chi connectivity index (χ1n) is 6.30. The van der Waals surface area contributed by atoms with Gasteiger partial charge in [0.05, 0.1) is 12.5 Å². The van der Waals surface area contributed by atoms with Gasteiger partial charge in [-0.05, 0) is 18.8 Å². The van der Waals surface area contributed by atoms with E-state index in [1.54, 1.807) is 14.1 Å². The summed E-state index contributed by atoms with van der Waals surface area (Å²) >= 11 is 0. The van der Waals surface area contributed by atoms with E-state index in [2.05, 4.69) is 5.32 Å². The highest BCUT2D eigenvalue weighted by atomic mass is 16.2. The minimum absolute atomic E-state index is 0.00382. The summed E-state index contributed by atoms with van der Waals surface area (Å²) in [6, 6.07) is -0.322. The molecule has 2 fully saturated rings. The van der Waals surface area contributed by atoms with E-state index in [1.165, 1.54) is 17.7 Å². The maximum atomic E-state index is 12.1. The minimum Gasteiger partial charge on any atom is -0.349 e. The molecule has 1 saturated heterocycles. The van der Waals surface area contributed by atoms with Crippen LogP contribution in [0.1, 0.15) is 19.3 Å². The Balaban J connectivity index is 1.88. The largest absolute Gasteiger partial charge is 0.349 e. The molecule has 1 aliphatic heterocycles. The first-order chi connectivity index (χ1) is 8.08. The van der Waals surface area contributed by atoms with Crippen LogP contribution < -0.4 is 5.32 Å². The molecule has 2 rings (SSSR count). The molecule has 5 nitrogen and oxygen atoms in total. The van der Waals surface area contributed by atoms with Gasteiger partial charge in [-0.25, -0.2) is 0 Å². The fraction of sp³-hybridized carbons (Fsp3) is 0.833. The molecule has 1 heterocycles. The van der Waals surface area contributed by atoms with Crippen molar-refractivity contribution >= 4 is 11.8 Å². The number of hydrogen-bond donors (Lipinski definition) is 1. The smallest absolute Gasteiger partial charge is 0.240 e. The fourth-order valence-electron chi connectivity index (χ4n) is 2.10. The summed E-state index contributed by atoms with van der Waals surface area (Å²) in [7, 11) is 3.44. The molecule has 17 heavy (non-hydrogen) atoms. The zero-order chi connectivity index (χ0) is 12.4. The molecule has 1 atom stereocenters. The van der Waals surface area contributed by atoms with Gasteiger partial charge < -0.3 is 15.1 Å². The third-order valence-electron chi connectivity index (χ3n) is 3.44. The summed E-state index contributed by atoms with van der Waals surface area (Å²) in [5.74, 6) is 0.810. The van der Waals surface area contributed by atoms with Crippen LogP contribution in [0.2, 0.25) is 0 Å². The van der Waals surface area contributed by atoms with Crippen LogP contribution in [-0.2, 0) is 9.59 Å². The SMILES string of the molecule is CN(C)C(=O)CC1NCCN(CC2CC2)C1=O. The molecule has 1 N–H and O–H groups in total. The average molecular weight is 239 g/mol. The maximum absolute atomic E-state index is 12.1. The highest BCUT2D eigenvalue weighted by Crippen LogP contribution is 2.30. The Bertz CT molecular complexity index is 313. The number of rotatable bonds is 4. The fourth-order valence-corrected chi connectivity index (χ4v) is 2.10. The van der Waals surface area contributed by atoms with E-state index < -0.39 is 0 Å². The summed E-state index contributed by atoms with van der Waals surface area (Å²) in [4.78, 5) is 27.2. The molecule has 0 aromatic carbocycles. The van der Waals surface area contributed by atoms with Gasteiger partial charge in [0.1, 0.15) is 0 Å². The molecule has 0 spiro atoms. The molecule has 0 aromatic rings. The predicted octanol–water partition coefficient (Wildman–Crippen LogP) is -0.325. The second kappa shape index (κ2) is 5.04. The maximum Gasteiger partial charge on any atom is 0.240 e. The number of carbonyl (C=O) groups excluding carboxylic acids is 2. The molecule has 0 radical (unpaired) electrons. The number of nitrogens with one attached hydrogen (secondary N) is 1. The van der Waals surface area contributed by atoms with Crippen LogP contribution in [0.15, 0.2) is 0 Å². The Morgan fingerprint density at radius 2 is 2.18 bits per heavy atom. The van der Waals surface area contributed by atoms with Crippen LogP contribution in [0.3, 0.4) is 0 Å². The highest BCUT2D eigenvalue weighted by Gasteiger charge is 2.33. The van der Waals surface area contributed by atoms with Gasteiger partial charge in [0.15, 0.2) is 0 Å². The van der Waals surface area contributed by atoms with E-state index in [0.29, 0.717) is 5.92 Å². The Hall–Kier alpha value is -1.10. The van der Waals surface area contributed by atoms with E-state index in [-0.39, 0.29) is 24.3 Å². The lowest BCUT2D eigenvalue weighted by Gasteiger charge is -2.33. The Morgan fingerprint density at radius 1 is 1.47 bits per heavy atom. The standard InChI is InChI=1S/C12H21N3O2/c1-14(2)11(16)7-10-12(17)15(6-5-13-10)8-9-3-4-9/h9-10,13H,3-8H2,1-2H3. The summed E-state index contributed by atoms with van der Waals surface area (Å²) in [6.07, 6.45) is 2.77. The summed E-state index contributed by atoms with van der Waals surface area (Å²) in [5, 5.41) is 3.14. The van der Waals surface area contributed by atoms with Crippen LogP contribution in [0.4, 0.5) is 0 Å². The summed E-state index contributed by atoms with van der Waals surface area (Å²) in [6.45, 7) is 2.46. The molecule has 0 aromatic heterocycles. The van der Waals surface area contributed by atoms with Crippen molar-refractivity contribution in [3.63, 3.8) is 0 Å². The normalized spacial score (nSPS) is 24.9. The van der Waals surface area contributed by atoms with Crippen LogP contribution >= 0.6 is 0 Å². The Morgan fingerprint density at radius 3 is 2.76 bits per heavy atom. The van der Waals surface area contributed by atoms with Crippen LogP contribution in [0.25, 0.3) is 0 Å². The van der Waals surface area contributed by atoms with Crippen molar-refractivity contribution in [2.24, 2.45) is 5.92 Å². The lowest BCUT2D eigenvalue weighted by Crippen LogP contribution is -2.56. The molecule has 1 saturated carbocycles. The van der Waals surface area contributed by atoms with Crippen molar-refractivity contribution in [2.45, 2.75) is 25.3 Å². The first-order valence-corrected chi connectivity index (χ1v) is 6.30. The number of carbonyl (C=O) groups is 2. The van der Waals surface area contributed by atoms with Gasteiger partial charge in [-0.2, -0.15) is 0 Å². The molecule has 2 amide bonds. The number of nitrogens with zero attached hydrogens (tertiary/aromatic N) is 2. The third-order valence-corrected chi connectivity index (χ3v) is 3.44. The second-order valence-corrected chi connectivity index (χ2v) is 5.23. The molecule has 1 unspecified atom stereocenters. The quantitative estimate of drug-likeness (QED) is 0.731. The predicted molar refractivity (Wildman–Crippen MR) is 64.4 cm³/mol. The van der Waals surface area contributed by atoms with E-state index in [1.807, 2.05) is 4.90 Å². The number of amides is 2. The molecule has 2 aliphatic rings. The summed E-state index contributed by atoms with van der Waals surface area (Å²) in [5.41, 5.74) is 0. The van der Waals surface area contributed by atoms with Gasteiger partial charge in [0, 0.05) is 33.7 Å². The van der Waals surface area contributed by atoms with Gasteiger partial charge in [0.2, 0.25) is 11.8 Å². The van der Waals surface area contributed by atoms with Crippen LogP contribution in [0, 0.1) is 5.92 Å². The van der Waals surface area contributed by atoms with Crippen LogP contribution in [0.5, 0.6) is 0 Å². The van der Waals surface area contributed by atoms with Crippen molar-refractivity contribution < 1.29 is 9.59 Å². The third kappa shape index (κ3) is 3.19. The number of piperazine rings is 1. The minimum atomic E-state index is -0.322. The van der Waals surface area contributed by atoms with Gasteiger partial charge in [-0.1, -0.05) is 0 Å². The monoisotopic (exact) mass is 239 g/mol. The summed E-state index contributed by atoms with van der Waals surface area (Å²) < 4.78 is 0. The van der Waals surface area contributed by atoms with Gasteiger partial charge >= 0.3 is 0 Å². The average Bonchev–Trinajstić information content (AvgIpc) is 3.07. The lowest BCUT2D eigenvalue weighted by molar-refractivity contribution is -0.140. The molecule has 96 valence electrons. The van der Waals surface area contributed by atoms with E-state index >= 15 is 0 Å². The van der Waals surface area contributed by atoms with E-state index in [9.17, 15) is 9.59 Å². The van der Waals surface area contributed by atoms with Crippen molar-refractivity contribution in [3.8, 4) is 0 Å². The van der Waals surface area contributed by atoms with E-state index in [4.69, 9.17) is 0 Å². The number of hydrogen-bond acceptors (Lipinski definition) is 3. The zero-order valence-electron chi connectivity index (χ0n) is 10.6. The molecule has 5 heteroatoms. The highest BCUT2D eigenvalue weighted by molar-refractivity contribution is 5.88. The molecular weight excluding hydrogens is 218 g/mol. The Kier molecular flexibility index (Phi) is 3.66. The topological polar surface area (TPSA) is 52.7 Å². The Labute approximate surface area is 102 Å². The van der Waals surface area contributed by atoms with Crippen molar-refractivity contribution in [1.29, 1.82) is 0 Å². The van der Waals surface area contributed by atoms with Crippen molar-refractivity contribution in [2.75, 3.05) is 33.7 Å². The molecule has 0 bridgehead atoms. The van der Waals surface area contributed by atoms with Gasteiger partial charge in [-0.3, -0.25) is 9.59 Å². The lowest BCUT2D eigenvalue weighted by atomic mass is 10.1.